The molecule has 1 saturated heterocycles. The Morgan fingerprint density at radius 3 is 2.09 bits per heavy atom. The first-order valence-corrected chi connectivity index (χ1v) is 4.16. The fraction of sp³-hybridized carbons (Fsp3) is 0.400. The number of epoxide rings is 1. The van der Waals surface area contributed by atoms with Crippen LogP contribution in [0.4, 0.5) is 0 Å². The molecule has 56 valence electrons. The molecule has 0 amide bonds. The van der Waals surface area contributed by atoms with Gasteiger partial charge in [-0.05, 0) is 11.1 Å². The van der Waals surface area contributed by atoms with E-state index in [1.54, 1.807) is 0 Å². The third-order valence-corrected chi connectivity index (χ3v) is 2.65. The van der Waals surface area contributed by atoms with Gasteiger partial charge in [-0.3, -0.25) is 0 Å². The van der Waals surface area contributed by atoms with E-state index in [0.717, 1.165) is 12.8 Å². The van der Waals surface area contributed by atoms with Gasteiger partial charge < -0.3 is 4.74 Å². The van der Waals surface area contributed by atoms with E-state index in [1.165, 1.54) is 11.1 Å². The molecule has 3 rings (SSSR count). The second-order valence-corrected chi connectivity index (χ2v) is 3.39. The zero-order chi connectivity index (χ0) is 7.26. The summed E-state index contributed by atoms with van der Waals surface area (Å²) in [6.45, 7) is 0. The molecule has 1 heterocycles. The predicted octanol–water partition coefficient (Wildman–Crippen LogP) is 1.55. The summed E-state index contributed by atoms with van der Waals surface area (Å²) in [5.74, 6) is 0. The number of hydrogen-bond acceptors (Lipinski definition) is 1. The van der Waals surface area contributed by atoms with Gasteiger partial charge in [0.15, 0.2) is 0 Å². The molecular formula is C10H10O. The molecule has 2 aliphatic rings. The number of rotatable bonds is 0. The van der Waals surface area contributed by atoms with Crippen LogP contribution in [0.2, 0.25) is 0 Å². The van der Waals surface area contributed by atoms with Crippen LogP contribution in [-0.2, 0) is 17.6 Å². The van der Waals surface area contributed by atoms with Gasteiger partial charge in [0.1, 0.15) is 0 Å². The summed E-state index contributed by atoms with van der Waals surface area (Å²) in [7, 11) is 0. The maximum atomic E-state index is 5.46. The van der Waals surface area contributed by atoms with Crippen LogP contribution in [0, 0.1) is 0 Å². The Bertz CT molecular complexity index is 264. The Balaban J connectivity index is 2.07. The third kappa shape index (κ3) is 0.809. The highest BCUT2D eigenvalue weighted by Crippen LogP contribution is 2.35. The fourth-order valence-corrected chi connectivity index (χ4v) is 1.93. The van der Waals surface area contributed by atoms with E-state index in [0.29, 0.717) is 12.2 Å². The van der Waals surface area contributed by atoms with Crippen molar-refractivity contribution in [3.05, 3.63) is 35.4 Å². The van der Waals surface area contributed by atoms with Gasteiger partial charge >= 0.3 is 0 Å². The summed E-state index contributed by atoms with van der Waals surface area (Å²) in [5, 5.41) is 0. The summed E-state index contributed by atoms with van der Waals surface area (Å²) in [5.41, 5.74) is 2.98. The summed E-state index contributed by atoms with van der Waals surface area (Å²) in [6.07, 6.45) is 3.40. The molecule has 1 aromatic carbocycles. The van der Waals surface area contributed by atoms with Crippen molar-refractivity contribution in [3.8, 4) is 0 Å². The van der Waals surface area contributed by atoms with Crippen LogP contribution in [-0.4, -0.2) is 12.2 Å². The van der Waals surface area contributed by atoms with Crippen molar-refractivity contribution in [1.82, 2.24) is 0 Å². The molecule has 1 nitrogen and oxygen atoms in total. The lowest BCUT2D eigenvalue weighted by Gasteiger charge is -2.10. The van der Waals surface area contributed by atoms with E-state index < -0.39 is 0 Å². The minimum Gasteiger partial charge on any atom is -0.369 e. The molecule has 1 unspecified atom stereocenters. The van der Waals surface area contributed by atoms with Gasteiger partial charge in [0.25, 0.3) is 0 Å². The minimum atomic E-state index is 0.560. The van der Waals surface area contributed by atoms with E-state index in [-0.39, 0.29) is 0 Å². The van der Waals surface area contributed by atoms with Crippen molar-refractivity contribution >= 4 is 0 Å². The van der Waals surface area contributed by atoms with Crippen LogP contribution in [0.1, 0.15) is 11.1 Å². The average Bonchev–Trinajstić information content (AvgIpc) is 2.77. The number of benzene rings is 1. The number of hydrogen-bond donors (Lipinski definition) is 0. The summed E-state index contributed by atoms with van der Waals surface area (Å²) in [4.78, 5) is 0. The molecule has 0 spiro atoms. The lowest BCUT2D eigenvalue weighted by molar-refractivity contribution is 0.375. The lowest BCUT2D eigenvalue weighted by Crippen LogP contribution is -2.11. The van der Waals surface area contributed by atoms with Crippen molar-refractivity contribution in [3.63, 3.8) is 0 Å². The smallest absolute Gasteiger partial charge is 0.0885 e. The maximum Gasteiger partial charge on any atom is 0.0885 e. The van der Waals surface area contributed by atoms with E-state index in [1.807, 2.05) is 0 Å². The van der Waals surface area contributed by atoms with Crippen LogP contribution in [0.5, 0.6) is 0 Å². The topological polar surface area (TPSA) is 12.5 Å². The SMILES string of the molecule is c1ccc2c(c1)CC1O[C@H]1C2. The highest BCUT2D eigenvalue weighted by atomic mass is 16.6. The van der Waals surface area contributed by atoms with Crippen molar-refractivity contribution < 1.29 is 4.74 Å². The molecule has 1 aliphatic heterocycles. The highest BCUT2D eigenvalue weighted by Gasteiger charge is 2.42. The zero-order valence-electron chi connectivity index (χ0n) is 6.29. The van der Waals surface area contributed by atoms with E-state index >= 15 is 0 Å². The maximum absolute atomic E-state index is 5.46. The van der Waals surface area contributed by atoms with E-state index in [2.05, 4.69) is 24.3 Å². The first-order valence-electron chi connectivity index (χ1n) is 4.16. The lowest BCUT2D eigenvalue weighted by atomic mass is 9.92. The molecule has 1 heteroatoms. The van der Waals surface area contributed by atoms with Crippen LogP contribution in [0.15, 0.2) is 24.3 Å². The van der Waals surface area contributed by atoms with Gasteiger partial charge in [-0.1, -0.05) is 24.3 Å². The Hall–Kier alpha value is -0.820. The number of fused-ring (bicyclic) bond motifs is 2. The Kier molecular flexibility index (Phi) is 0.977. The molecule has 11 heavy (non-hydrogen) atoms. The second kappa shape index (κ2) is 1.86. The molecule has 0 aromatic heterocycles. The molecule has 0 N–H and O–H groups in total. The van der Waals surface area contributed by atoms with Gasteiger partial charge in [0.2, 0.25) is 0 Å². The van der Waals surface area contributed by atoms with Gasteiger partial charge in [0.05, 0.1) is 12.2 Å². The van der Waals surface area contributed by atoms with Crippen molar-refractivity contribution in [1.29, 1.82) is 0 Å². The third-order valence-electron chi connectivity index (χ3n) is 2.65. The first-order chi connectivity index (χ1) is 5.43. The zero-order valence-corrected chi connectivity index (χ0v) is 6.29. The molecule has 2 atom stereocenters. The fourth-order valence-electron chi connectivity index (χ4n) is 1.93. The Morgan fingerprint density at radius 1 is 1.00 bits per heavy atom. The Morgan fingerprint density at radius 2 is 1.55 bits per heavy atom. The largest absolute Gasteiger partial charge is 0.369 e. The van der Waals surface area contributed by atoms with Gasteiger partial charge in [-0.15, -0.1) is 0 Å². The van der Waals surface area contributed by atoms with Crippen LogP contribution < -0.4 is 0 Å². The van der Waals surface area contributed by atoms with Crippen LogP contribution in [0.3, 0.4) is 0 Å². The van der Waals surface area contributed by atoms with Gasteiger partial charge in [-0.2, -0.15) is 0 Å². The molecular weight excluding hydrogens is 136 g/mol. The van der Waals surface area contributed by atoms with E-state index in [4.69, 9.17) is 4.74 Å². The van der Waals surface area contributed by atoms with E-state index in [9.17, 15) is 0 Å². The average molecular weight is 146 g/mol. The molecule has 0 radical (unpaired) electrons. The quantitative estimate of drug-likeness (QED) is 0.506. The second-order valence-electron chi connectivity index (χ2n) is 3.39. The van der Waals surface area contributed by atoms with Gasteiger partial charge in [0, 0.05) is 12.8 Å². The predicted molar refractivity (Wildman–Crippen MR) is 42.5 cm³/mol. The van der Waals surface area contributed by atoms with Crippen LogP contribution >= 0.6 is 0 Å². The molecule has 1 aromatic rings. The van der Waals surface area contributed by atoms with Crippen molar-refractivity contribution in [2.24, 2.45) is 0 Å². The first kappa shape index (κ1) is 5.78. The molecule has 1 aliphatic carbocycles. The van der Waals surface area contributed by atoms with Gasteiger partial charge in [-0.25, -0.2) is 0 Å². The summed E-state index contributed by atoms with van der Waals surface area (Å²) in [6, 6.07) is 8.66. The molecule has 0 saturated carbocycles. The van der Waals surface area contributed by atoms with Crippen LogP contribution in [0.25, 0.3) is 0 Å². The number of ether oxygens (including phenoxy) is 1. The molecule has 1 fully saturated rings. The molecule has 0 bridgehead atoms. The normalized spacial score (nSPS) is 32.4. The van der Waals surface area contributed by atoms with Crippen molar-refractivity contribution in [2.45, 2.75) is 25.0 Å². The standard InChI is InChI=1S/C10H10O/c1-2-4-8-6-10-9(11-10)5-7(8)3-1/h1-4,9-10H,5-6H2/t9-,10?/m0/s1. The highest BCUT2D eigenvalue weighted by molar-refractivity contribution is 5.33. The summed E-state index contributed by atoms with van der Waals surface area (Å²) < 4.78 is 5.46. The minimum absolute atomic E-state index is 0.560. The summed E-state index contributed by atoms with van der Waals surface area (Å²) >= 11 is 0. The monoisotopic (exact) mass is 146 g/mol. The Labute approximate surface area is 66.0 Å². The van der Waals surface area contributed by atoms with Crippen molar-refractivity contribution in [2.75, 3.05) is 0 Å².